The molecule has 5 heteroatoms. The first-order valence-corrected chi connectivity index (χ1v) is 6.92. The molecule has 0 bridgehead atoms. The molecule has 108 valence electrons. The van der Waals surface area contributed by atoms with E-state index in [2.05, 4.69) is 0 Å². The second-order valence-corrected chi connectivity index (χ2v) is 5.08. The predicted molar refractivity (Wildman–Crippen MR) is 76.9 cm³/mol. The average molecular weight is 307 g/mol. The number of carbonyl (C=O) groups is 1. The first kappa shape index (κ1) is 13.9. The van der Waals surface area contributed by atoms with Gasteiger partial charge >= 0.3 is 0 Å². The summed E-state index contributed by atoms with van der Waals surface area (Å²) in [4.78, 5) is 12.4. The Morgan fingerprint density at radius 3 is 2.43 bits per heavy atom. The molecule has 0 radical (unpaired) electrons. The molecule has 0 atom stereocenters. The molecule has 3 nitrogen and oxygen atoms in total. The van der Waals surface area contributed by atoms with Crippen LogP contribution in [0.5, 0.6) is 11.5 Å². The lowest BCUT2D eigenvalue weighted by molar-refractivity contribution is 0.103. The lowest BCUT2D eigenvalue weighted by Crippen LogP contribution is -2.03. The van der Waals surface area contributed by atoms with E-state index in [4.69, 9.17) is 21.1 Å². The Labute approximate surface area is 126 Å². The highest BCUT2D eigenvalue weighted by Gasteiger charge is 2.16. The van der Waals surface area contributed by atoms with E-state index in [1.807, 2.05) is 0 Å². The molecular weight excluding hydrogens is 295 g/mol. The summed E-state index contributed by atoms with van der Waals surface area (Å²) in [5, 5.41) is -0.00906. The summed E-state index contributed by atoms with van der Waals surface area (Å²) in [7, 11) is 0. The average Bonchev–Trinajstić information content (AvgIpc) is 2.73. The van der Waals surface area contributed by atoms with E-state index in [1.165, 1.54) is 12.1 Å². The quantitative estimate of drug-likeness (QED) is 0.790. The van der Waals surface area contributed by atoms with Crippen LogP contribution in [0.3, 0.4) is 0 Å². The molecule has 0 fully saturated rings. The van der Waals surface area contributed by atoms with Crippen LogP contribution in [0.15, 0.2) is 36.4 Å². The zero-order valence-corrected chi connectivity index (χ0v) is 11.8. The molecule has 2 aromatic rings. The van der Waals surface area contributed by atoms with E-state index >= 15 is 0 Å². The van der Waals surface area contributed by atoms with Crippen molar-refractivity contribution in [2.75, 3.05) is 13.2 Å². The molecule has 1 aliphatic heterocycles. The first-order valence-electron chi connectivity index (χ1n) is 6.54. The van der Waals surface area contributed by atoms with E-state index in [9.17, 15) is 9.18 Å². The molecule has 1 heterocycles. The standard InChI is InChI=1S/C16H12ClFO3/c17-12-4-2-10(8-13(12)18)16(19)11-3-5-14-15(9-11)21-7-1-6-20-14/h2-5,8-9H,1,6-7H2. The second kappa shape index (κ2) is 5.74. The summed E-state index contributed by atoms with van der Waals surface area (Å²) in [6.07, 6.45) is 0.792. The third-order valence-corrected chi connectivity index (χ3v) is 3.50. The Morgan fingerprint density at radius 2 is 1.67 bits per heavy atom. The molecule has 0 amide bonds. The number of benzene rings is 2. The summed E-state index contributed by atoms with van der Waals surface area (Å²) in [6, 6.07) is 8.95. The smallest absolute Gasteiger partial charge is 0.193 e. The number of carbonyl (C=O) groups excluding carboxylic acids is 1. The highest BCUT2D eigenvalue weighted by Crippen LogP contribution is 2.31. The van der Waals surface area contributed by atoms with Crippen molar-refractivity contribution < 1.29 is 18.7 Å². The number of hydrogen-bond acceptors (Lipinski definition) is 3. The van der Waals surface area contributed by atoms with Crippen LogP contribution < -0.4 is 9.47 Å². The molecule has 0 saturated carbocycles. The van der Waals surface area contributed by atoms with Crippen molar-refractivity contribution in [1.82, 2.24) is 0 Å². The second-order valence-electron chi connectivity index (χ2n) is 4.67. The molecular formula is C16H12ClFO3. The van der Waals surface area contributed by atoms with Crippen molar-refractivity contribution in [3.8, 4) is 11.5 Å². The van der Waals surface area contributed by atoms with Gasteiger partial charge in [-0.3, -0.25) is 4.79 Å². The molecule has 0 aromatic heterocycles. The van der Waals surface area contributed by atoms with Crippen LogP contribution in [0.1, 0.15) is 22.3 Å². The Hall–Kier alpha value is -2.07. The zero-order chi connectivity index (χ0) is 14.8. The van der Waals surface area contributed by atoms with Crippen molar-refractivity contribution >= 4 is 17.4 Å². The number of rotatable bonds is 2. The Kier molecular flexibility index (Phi) is 3.80. The van der Waals surface area contributed by atoms with Gasteiger partial charge in [-0.05, 0) is 36.4 Å². The van der Waals surface area contributed by atoms with Gasteiger partial charge in [-0.2, -0.15) is 0 Å². The topological polar surface area (TPSA) is 35.5 Å². The van der Waals surface area contributed by atoms with E-state index in [-0.39, 0.29) is 16.4 Å². The van der Waals surface area contributed by atoms with E-state index in [1.54, 1.807) is 18.2 Å². The number of ketones is 1. The molecule has 0 unspecified atom stereocenters. The van der Waals surface area contributed by atoms with Crippen molar-refractivity contribution in [1.29, 1.82) is 0 Å². The Morgan fingerprint density at radius 1 is 1.00 bits per heavy atom. The van der Waals surface area contributed by atoms with Gasteiger partial charge in [-0.1, -0.05) is 11.6 Å². The molecule has 2 aromatic carbocycles. The number of fused-ring (bicyclic) bond motifs is 1. The summed E-state index contributed by atoms with van der Waals surface area (Å²) in [5.41, 5.74) is 0.660. The maximum Gasteiger partial charge on any atom is 0.193 e. The zero-order valence-electron chi connectivity index (χ0n) is 11.1. The van der Waals surface area contributed by atoms with Gasteiger partial charge < -0.3 is 9.47 Å². The lowest BCUT2D eigenvalue weighted by atomic mass is 10.0. The van der Waals surface area contributed by atoms with Crippen molar-refractivity contribution in [3.63, 3.8) is 0 Å². The van der Waals surface area contributed by atoms with Gasteiger partial charge in [0.1, 0.15) is 5.82 Å². The fourth-order valence-corrected chi connectivity index (χ4v) is 2.23. The number of ether oxygens (including phenoxy) is 2. The van der Waals surface area contributed by atoms with E-state index in [0.29, 0.717) is 30.3 Å². The van der Waals surface area contributed by atoms with Crippen LogP contribution in [0, 0.1) is 5.82 Å². The molecule has 0 aliphatic carbocycles. The highest BCUT2D eigenvalue weighted by atomic mass is 35.5. The monoisotopic (exact) mass is 306 g/mol. The maximum atomic E-state index is 13.5. The highest BCUT2D eigenvalue weighted by molar-refractivity contribution is 6.30. The van der Waals surface area contributed by atoms with Gasteiger partial charge in [0, 0.05) is 17.5 Å². The van der Waals surface area contributed by atoms with E-state index < -0.39 is 5.82 Å². The third-order valence-electron chi connectivity index (χ3n) is 3.19. The lowest BCUT2D eigenvalue weighted by Gasteiger charge is -2.09. The van der Waals surface area contributed by atoms with Crippen LogP contribution in [0.25, 0.3) is 0 Å². The van der Waals surface area contributed by atoms with Crippen LogP contribution in [0.2, 0.25) is 5.02 Å². The fourth-order valence-electron chi connectivity index (χ4n) is 2.11. The summed E-state index contributed by atoms with van der Waals surface area (Å²) < 4.78 is 24.5. The third kappa shape index (κ3) is 2.85. The van der Waals surface area contributed by atoms with E-state index in [0.717, 1.165) is 12.5 Å². The summed E-state index contributed by atoms with van der Waals surface area (Å²) in [6.45, 7) is 1.13. The van der Waals surface area contributed by atoms with Crippen molar-refractivity contribution in [3.05, 3.63) is 58.4 Å². The number of hydrogen-bond donors (Lipinski definition) is 0. The molecule has 0 saturated heterocycles. The van der Waals surface area contributed by atoms with Crippen LogP contribution in [0.4, 0.5) is 4.39 Å². The van der Waals surface area contributed by atoms with Crippen LogP contribution in [-0.4, -0.2) is 19.0 Å². The minimum Gasteiger partial charge on any atom is -0.490 e. The molecule has 0 spiro atoms. The van der Waals surface area contributed by atoms with Gasteiger partial charge in [-0.25, -0.2) is 4.39 Å². The predicted octanol–water partition coefficient (Wildman–Crippen LogP) is 3.87. The largest absolute Gasteiger partial charge is 0.490 e. The molecule has 21 heavy (non-hydrogen) atoms. The van der Waals surface area contributed by atoms with Gasteiger partial charge in [0.2, 0.25) is 0 Å². The first-order chi connectivity index (χ1) is 10.1. The Balaban J connectivity index is 1.94. The van der Waals surface area contributed by atoms with Gasteiger partial charge in [0.15, 0.2) is 17.3 Å². The minimum atomic E-state index is -0.614. The summed E-state index contributed by atoms with van der Waals surface area (Å²) >= 11 is 5.62. The molecule has 3 rings (SSSR count). The number of halogens is 2. The Bertz CT molecular complexity index is 700. The van der Waals surface area contributed by atoms with Gasteiger partial charge in [0.25, 0.3) is 0 Å². The molecule has 1 aliphatic rings. The normalized spacial score (nSPS) is 13.6. The van der Waals surface area contributed by atoms with Crippen LogP contribution >= 0.6 is 11.6 Å². The van der Waals surface area contributed by atoms with Crippen LogP contribution in [-0.2, 0) is 0 Å². The van der Waals surface area contributed by atoms with Crippen molar-refractivity contribution in [2.45, 2.75) is 6.42 Å². The fraction of sp³-hybridized carbons (Fsp3) is 0.188. The minimum absolute atomic E-state index is 0.00906. The van der Waals surface area contributed by atoms with Gasteiger partial charge in [0.05, 0.1) is 18.2 Å². The van der Waals surface area contributed by atoms with Crippen molar-refractivity contribution in [2.24, 2.45) is 0 Å². The maximum absolute atomic E-state index is 13.5. The van der Waals surface area contributed by atoms with Gasteiger partial charge in [-0.15, -0.1) is 0 Å². The SMILES string of the molecule is O=C(c1ccc(Cl)c(F)c1)c1ccc2c(c1)OCCCO2. The molecule has 0 N–H and O–H groups in total. The summed E-state index contributed by atoms with van der Waals surface area (Å²) in [5.74, 6) is 0.247.